The van der Waals surface area contributed by atoms with Crippen molar-refractivity contribution >= 4 is 63.7 Å². The smallest absolute Gasteiger partial charge is 0.358 e. The van der Waals surface area contributed by atoms with Gasteiger partial charge in [-0.3, -0.25) is 24.1 Å². The first kappa shape index (κ1) is 28.6. The maximum Gasteiger partial charge on any atom is 0.358 e. The fourth-order valence-corrected chi connectivity index (χ4v) is 5.35. The van der Waals surface area contributed by atoms with Crippen molar-refractivity contribution in [2.24, 2.45) is 5.16 Å². The molecule has 0 saturated carbocycles. The second-order valence-corrected chi connectivity index (χ2v) is 9.71. The second-order valence-electron chi connectivity index (χ2n) is 7.72. The summed E-state index contributed by atoms with van der Waals surface area (Å²) in [5.41, 5.74) is 5.98. The molecule has 2 aliphatic rings. The van der Waals surface area contributed by atoms with Gasteiger partial charge < -0.3 is 30.1 Å². The van der Waals surface area contributed by atoms with Gasteiger partial charge in [-0.2, -0.15) is 0 Å². The number of nitrogen functional groups attached to an aromatic ring is 1. The minimum absolute atomic E-state index is 0.0471. The zero-order valence-corrected chi connectivity index (χ0v) is 22.4. The molecule has 0 aromatic carbocycles. The lowest BCUT2D eigenvalue weighted by atomic mass is 10.0. The van der Waals surface area contributed by atoms with Crippen LogP contribution < -0.4 is 11.1 Å². The van der Waals surface area contributed by atoms with Gasteiger partial charge in [0, 0.05) is 31.9 Å². The predicted octanol–water partition coefficient (Wildman–Crippen LogP) is 0.301. The number of thioether (sulfide) groups is 1. The van der Waals surface area contributed by atoms with Crippen LogP contribution in [0.3, 0.4) is 0 Å². The lowest BCUT2D eigenvalue weighted by Gasteiger charge is -2.49. The van der Waals surface area contributed by atoms with Gasteiger partial charge in [0.25, 0.3) is 11.8 Å². The lowest BCUT2D eigenvalue weighted by molar-refractivity contribution is -0.182. The number of carbonyl (C=O) groups excluding carboxylic acids is 5. The Kier molecular flexibility index (Phi) is 9.46. The minimum Gasteiger partial charge on any atom is -0.462 e. The van der Waals surface area contributed by atoms with Crippen molar-refractivity contribution in [1.82, 2.24) is 15.2 Å². The summed E-state index contributed by atoms with van der Waals surface area (Å²) >= 11 is 2.39. The van der Waals surface area contributed by atoms with E-state index in [1.54, 1.807) is 0 Å². The number of nitrogens with two attached hydrogens (primary N) is 1. The Bertz CT molecular complexity index is 1230. The molecule has 3 atom stereocenters. The lowest BCUT2D eigenvalue weighted by Crippen LogP contribution is -2.71. The maximum atomic E-state index is 13.2. The fraction of sp³-hybridized carbons (Fsp3) is 0.409. The van der Waals surface area contributed by atoms with Gasteiger partial charge in [-0.15, -0.1) is 23.1 Å². The first-order valence-corrected chi connectivity index (χ1v) is 13.0. The number of hydrogen-bond donors (Lipinski definition) is 2. The van der Waals surface area contributed by atoms with E-state index in [-0.39, 0.29) is 34.6 Å². The average molecular weight is 568 g/mol. The molecule has 1 saturated heterocycles. The molecule has 3 rings (SSSR count). The van der Waals surface area contributed by atoms with Crippen molar-refractivity contribution in [3.05, 3.63) is 34.5 Å². The number of hydrogen-bond acceptors (Lipinski definition) is 14. The summed E-state index contributed by atoms with van der Waals surface area (Å²) in [6.07, 6.45) is 1.84. The SMILES string of the molecule is CO/N=C(\C(=O)NC1C(=O)N2C(C(=O)OC(C)OC(C)=O)=C(/C=C/COC(C)=O)CSC12)c1csc(N)n1. The molecule has 0 spiro atoms. The van der Waals surface area contributed by atoms with Gasteiger partial charge in [0.1, 0.15) is 36.5 Å². The number of amides is 2. The standard InChI is InChI=1S/C22H25N5O9S2/c1-10(28)34-7-5-6-13-8-37-20-16(25-18(30)15(26-33-4)14-9-38-22(23)24-14)19(31)27(20)17(13)21(32)36-12(3)35-11(2)29/h5-6,9,12,16,20H,7-8H2,1-4H3,(H2,23,24)(H,25,30)/b6-5+,26-15-. The molecule has 2 aliphatic heterocycles. The van der Waals surface area contributed by atoms with Crippen molar-refractivity contribution in [2.45, 2.75) is 38.5 Å². The highest BCUT2D eigenvalue weighted by molar-refractivity contribution is 8.00. The molecule has 3 unspecified atom stereocenters. The molecule has 1 aromatic rings. The molecule has 204 valence electrons. The van der Waals surface area contributed by atoms with Crippen LogP contribution in [0.25, 0.3) is 0 Å². The van der Waals surface area contributed by atoms with E-state index in [4.69, 9.17) is 24.8 Å². The number of carbonyl (C=O) groups is 5. The summed E-state index contributed by atoms with van der Waals surface area (Å²) in [6.45, 7) is 3.72. The zero-order valence-electron chi connectivity index (χ0n) is 20.8. The Morgan fingerprint density at radius 3 is 2.63 bits per heavy atom. The third-order valence-corrected chi connectivity index (χ3v) is 6.92. The van der Waals surface area contributed by atoms with Crippen LogP contribution in [0.15, 0.2) is 34.0 Å². The van der Waals surface area contributed by atoms with Crippen LogP contribution in [0.2, 0.25) is 0 Å². The summed E-state index contributed by atoms with van der Waals surface area (Å²) in [6, 6.07) is -0.995. The molecule has 0 radical (unpaired) electrons. The van der Waals surface area contributed by atoms with Gasteiger partial charge >= 0.3 is 17.9 Å². The number of allylic oxidation sites excluding steroid dienone is 1. The zero-order chi connectivity index (χ0) is 28.0. The van der Waals surface area contributed by atoms with Crippen molar-refractivity contribution in [3.63, 3.8) is 0 Å². The Labute approximate surface area is 225 Å². The van der Waals surface area contributed by atoms with Gasteiger partial charge in [-0.1, -0.05) is 11.2 Å². The molecule has 0 aliphatic carbocycles. The first-order valence-electron chi connectivity index (χ1n) is 11.0. The highest BCUT2D eigenvalue weighted by Crippen LogP contribution is 2.41. The number of nitrogens with one attached hydrogen (secondary N) is 1. The molecule has 2 amide bonds. The number of nitrogens with zero attached hydrogens (tertiary/aromatic N) is 3. The number of rotatable bonds is 10. The van der Waals surface area contributed by atoms with E-state index in [1.165, 1.54) is 55.2 Å². The monoisotopic (exact) mass is 567 g/mol. The van der Waals surface area contributed by atoms with E-state index >= 15 is 0 Å². The average Bonchev–Trinajstić information content (AvgIpc) is 3.27. The number of esters is 3. The highest BCUT2D eigenvalue weighted by atomic mass is 32.2. The minimum atomic E-state index is -1.21. The molecule has 0 bridgehead atoms. The Hall–Kier alpha value is -3.92. The van der Waals surface area contributed by atoms with Crippen LogP contribution >= 0.6 is 23.1 Å². The number of ether oxygens (including phenoxy) is 3. The van der Waals surface area contributed by atoms with Crippen LogP contribution in [0.5, 0.6) is 0 Å². The van der Waals surface area contributed by atoms with Crippen molar-refractivity contribution in [3.8, 4) is 0 Å². The Balaban J connectivity index is 1.82. The van der Waals surface area contributed by atoms with Crippen LogP contribution in [-0.4, -0.2) is 82.5 Å². The third kappa shape index (κ3) is 6.69. The quantitative estimate of drug-likeness (QED) is 0.130. The maximum absolute atomic E-state index is 13.2. The third-order valence-electron chi connectivity index (χ3n) is 4.95. The predicted molar refractivity (Wildman–Crippen MR) is 135 cm³/mol. The number of oxime groups is 1. The number of β-lactam (4-membered cyclic amide) rings is 1. The molecule has 16 heteroatoms. The van der Waals surface area contributed by atoms with Crippen LogP contribution in [0.1, 0.15) is 26.5 Å². The molecule has 3 heterocycles. The summed E-state index contributed by atoms with van der Waals surface area (Å²) in [7, 11) is 1.26. The van der Waals surface area contributed by atoms with E-state index < -0.39 is 47.4 Å². The Morgan fingerprint density at radius 2 is 2.03 bits per heavy atom. The molecular formula is C22H25N5O9S2. The van der Waals surface area contributed by atoms with Crippen molar-refractivity contribution in [2.75, 3.05) is 25.2 Å². The summed E-state index contributed by atoms with van der Waals surface area (Å²) in [5.74, 6) is -3.09. The molecular weight excluding hydrogens is 542 g/mol. The van der Waals surface area contributed by atoms with E-state index in [9.17, 15) is 24.0 Å². The van der Waals surface area contributed by atoms with Gasteiger partial charge in [0.2, 0.25) is 6.29 Å². The molecule has 38 heavy (non-hydrogen) atoms. The van der Waals surface area contributed by atoms with E-state index in [2.05, 4.69) is 15.5 Å². The number of anilines is 1. The first-order chi connectivity index (χ1) is 18.0. The highest BCUT2D eigenvalue weighted by Gasteiger charge is 2.54. The van der Waals surface area contributed by atoms with Crippen LogP contribution in [0.4, 0.5) is 5.13 Å². The van der Waals surface area contributed by atoms with Gasteiger partial charge in [-0.05, 0) is 11.6 Å². The fourth-order valence-electron chi connectivity index (χ4n) is 3.48. The number of thiazole rings is 1. The summed E-state index contributed by atoms with van der Waals surface area (Å²) in [4.78, 5) is 71.4. The van der Waals surface area contributed by atoms with Gasteiger partial charge in [-0.25, -0.2) is 9.78 Å². The summed E-state index contributed by atoms with van der Waals surface area (Å²) in [5, 5.41) is 7.41. The summed E-state index contributed by atoms with van der Waals surface area (Å²) < 4.78 is 15.0. The van der Waals surface area contributed by atoms with E-state index in [0.29, 0.717) is 5.57 Å². The topological polar surface area (TPSA) is 189 Å². The van der Waals surface area contributed by atoms with Crippen molar-refractivity contribution in [1.29, 1.82) is 0 Å². The van der Waals surface area contributed by atoms with E-state index in [1.807, 2.05) is 0 Å². The molecule has 1 aromatic heterocycles. The van der Waals surface area contributed by atoms with Gasteiger partial charge in [0.05, 0.1) is 0 Å². The molecule has 14 nitrogen and oxygen atoms in total. The second kappa shape index (κ2) is 12.6. The Morgan fingerprint density at radius 1 is 1.29 bits per heavy atom. The van der Waals surface area contributed by atoms with Gasteiger partial charge in [0.15, 0.2) is 10.8 Å². The van der Waals surface area contributed by atoms with Crippen LogP contribution in [-0.2, 0) is 43.0 Å². The number of fused-ring (bicyclic) bond motifs is 1. The van der Waals surface area contributed by atoms with E-state index in [0.717, 1.165) is 18.3 Å². The molecule has 3 N–H and O–H groups in total. The van der Waals surface area contributed by atoms with Crippen LogP contribution in [0, 0.1) is 0 Å². The number of aromatic nitrogens is 1. The molecule has 1 fully saturated rings. The van der Waals surface area contributed by atoms with Crippen molar-refractivity contribution < 1.29 is 43.0 Å². The largest absolute Gasteiger partial charge is 0.462 e. The normalized spacial score (nSPS) is 19.8.